The Labute approximate surface area is 253 Å². The molecule has 43 heavy (non-hydrogen) atoms. The second-order valence-corrected chi connectivity index (χ2v) is 10.5. The highest BCUT2D eigenvalue weighted by Crippen LogP contribution is 2.23. The Balaban J connectivity index is 1.29. The summed E-state index contributed by atoms with van der Waals surface area (Å²) in [4.78, 5) is 26.1. The molecule has 4 rings (SSSR count). The average molecular weight is 593 g/mol. The Morgan fingerprint density at radius 2 is 1.51 bits per heavy atom. The van der Waals surface area contributed by atoms with Crippen LogP contribution in [0.2, 0.25) is 0 Å². The molecule has 0 radical (unpaired) electrons. The second-order valence-electron chi connectivity index (χ2n) is 10.5. The number of ether oxygens (including phenoxy) is 2. The Morgan fingerprint density at radius 1 is 0.814 bits per heavy atom. The number of nitrogens with two attached hydrogens (primary N) is 1. The molecule has 1 heterocycles. The topological polar surface area (TPSA) is 169 Å². The molecule has 0 atom stereocenters. The van der Waals surface area contributed by atoms with Gasteiger partial charge in [-0.15, -0.1) is 0 Å². The summed E-state index contributed by atoms with van der Waals surface area (Å²) in [5.41, 5.74) is 8.28. The van der Waals surface area contributed by atoms with E-state index in [1.165, 1.54) is 5.56 Å². The number of nitrogens with zero attached hydrogens (tertiary/aromatic N) is 3. The highest BCUT2D eigenvalue weighted by Gasteiger charge is 2.20. The molecule has 2 aromatic carbocycles. The van der Waals surface area contributed by atoms with Gasteiger partial charge in [0, 0.05) is 31.4 Å². The second kappa shape index (κ2) is 18.0. The number of hydrogen-bond donors (Lipinski definition) is 6. The minimum absolute atomic E-state index is 0.0710. The maximum Gasteiger partial charge on any atom is 0.233 e. The molecular weight excluding hydrogens is 548 g/mol. The monoisotopic (exact) mass is 592 g/mol. The lowest BCUT2D eigenvalue weighted by Crippen LogP contribution is -2.29. The van der Waals surface area contributed by atoms with Gasteiger partial charge in [0.25, 0.3) is 0 Å². The van der Waals surface area contributed by atoms with Gasteiger partial charge in [-0.1, -0.05) is 42.5 Å². The van der Waals surface area contributed by atoms with Crippen LogP contribution in [-0.4, -0.2) is 84.2 Å². The summed E-state index contributed by atoms with van der Waals surface area (Å²) in [5.74, 6) is 1.31. The van der Waals surface area contributed by atoms with E-state index in [2.05, 4.69) is 48.4 Å². The lowest BCUT2D eigenvalue weighted by molar-refractivity contribution is -0.120. The van der Waals surface area contributed by atoms with Crippen molar-refractivity contribution in [3.63, 3.8) is 0 Å². The third-order valence-electron chi connectivity index (χ3n) is 6.98. The van der Waals surface area contributed by atoms with Crippen LogP contribution in [0.25, 0.3) is 0 Å². The van der Waals surface area contributed by atoms with Crippen LogP contribution in [-0.2, 0) is 27.1 Å². The Kier molecular flexibility index (Phi) is 13.4. The summed E-state index contributed by atoms with van der Waals surface area (Å²) in [6, 6.07) is 18.0. The first kappa shape index (κ1) is 32.1. The molecule has 3 aromatic rings. The quantitative estimate of drug-likeness (QED) is 0.120. The van der Waals surface area contributed by atoms with E-state index in [1.807, 2.05) is 42.5 Å². The van der Waals surface area contributed by atoms with Crippen molar-refractivity contribution >= 4 is 29.4 Å². The maximum absolute atomic E-state index is 12.3. The van der Waals surface area contributed by atoms with Gasteiger partial charge in [0.05, 0.1) is 39.0 Å². The van der Waals surface area contributed by atoms with E-state index in [1.54, 1.807) is 0 Å². The van der Waals surface area contributed by atoms with Crippen LogP contribution >= 0.6 is 0 Å². The summed E-state index contributed by atoms with van der Waals surface area (Å²) in [7, 11) is 0. The normalized spacial score (nSPS) is 16.4. The number of aromatic nitrogens is 3. The van der Waals surface area contributed by atoms with Crippen molar-refractivity contribution in [3.8, 4) is 0 Å². The van der Waals surface area contributed by atoms with Crippen LogP contribution < -0.4 is 27.0 Å². The molecule has 1 saturated carbocycles. The third-order valence-corrected chi connectivity index (χ3v) is 6.98. The molecule has 1 aromatic heterocycles. The van der Waals surface area contributed by atoms with Gasteiger partial charge >= 0.3 is 0 Å². The Morgan fingerprint density at radius 3 is 2.26 bits per heavy atom. The minimum atomic E-state index is -0.232. The fourth-order valence-corrected chi connectivity index (χ4v) is 4.69. The van der Waals surface area contributed by atoms with Crippen molar-refractivity contribution in [1.29, 1.82) is 0 Å². The third kappa shape index (κ3) is 12.1. The maximum atomic E-state index is 12.3. The van der Waals surface area contributed by atoms with Gasteiger partial charge in [0.15, 0.2) is 0 Å². The van der Waals surface area contributed by atoms with Crippen LogP contribution in [0.1, 0.15) is 36.8 Å². The lowest BCUT2D eigenvalue weighted by Gasteiger charge is -2.26. The Bertz CT molecular complexity index is 1220. The first-order valence-corrected chi connectivity index (χ1v) is 15.0. The molecule has 0 aliphatic heterocycles. The zero-order valence-electron chi connectivity index (χ0n) is 24.6. The van der Waals surface area contributed by atoms with Crippen LogP contribution in [0.5, 0.6) is 0 Å². The van der Waals surface area contributed by atoms with Gasteiger partial charge in [0.1, 0.15) is 0 Å². The largest absolute Gasteiger partial charge is 0.393 e. The van der Waals surface area contributed by atoms with Crippen molar-refractivity contribution in [2.75, 3.05) is 62.0 Å². The van der Waals surface area contributed by atoms with Gasteiger partial charge < -0.3 is 41.6 Å². The number of hydrogen-bond acceptors (Lipinski definition) is 11. The lowest BCUT2D eigenvalue weighted by atomic mass is 9.93. The van der Waals surface area contributed by atoms with Crippen molar-refractivity contribution in [2.24, 2.45) is 5.73 Å². The molecule has 0 bridgehead atoms. The summed E-state index contributed by atoms with van der Waals surface area (Å²) in [6.45, 7) is 3.51. The van der Waals surface area contributed by atoms with E-state index in [0.29, 0.717) is 63.9 Å². The van der Waals surface area contributed by atoms with Gasteiger partial charge in [-0.2, -0.15) is 15.0 Å². The van der Waals surface area contributed by atoms with E-state index >= 15 is 0 Å². The first-order chi connectivity index (χ1) is 21.1. The molecule has 0 spiro atoms. The smallest absolute Gasteiger partial charge is 0.233 e. The van der Waals surface area contributed by atoms with E-state index < -0.39 is 0 Å². The molecule has 7 N–H and O–H groups in total. The zero-order valence-corrected chi connectivity index (χ0v) is 24.6. The van der Waals surface area contributed by atoms with Gasteiger partial charge in [-0.3, -0.25) is 4.79 Å². The zero-order chi connectivity index (χ0) is 30.1. The van der Waals surface area contributed by atoms with Crippen molar-refractivity contribution < 1.29 is 19.4 Å². The van der Waals surface area contributed by atoms with Crippen molar-refractivity contribution in [2.45, 2.75) is 50.7 Å². The number of aliphatic hydroxyl groups is 1. The number of benzene rings is 2. The number of carbonyl (C=O) groups excluding carboxylic acids is 1. The summed E-state index contributed by atoms with van der Waals surface area (Å²) in [6.07, 6.45) is 4.12. The fraction of sp³-hybridized carbons (Fsp3) is 0.484. The standard InChI is InChI=1S/C31H44N8O4/c32-15-18-42-20-21-43-19-17-33-28(41)22-24-6-8-25(9-7-24)35-30-37-29(34-16-14-23-4-2-1-3-5-23)38-31(39-30)36-26-10-12-27(40)13-11-26/h1-9,26-27,40H,10-22,32H2,(H,33,41)(H3,34,35,36,37,38,39). The summed E-state index contributed by atoms with van der Waals surface area (Å²) < 4.78 is 10.7. The summed E-state index contributed by atoms with van der Waals surface area (Å²) >= 11 is 0. The fourth-order valence-electron chi connectivity index (χ4n) is 4.69. The number of amides is 1. The van der Waals surface area contributed by atoms with Gasteiger partial charge in [-0.05, 0) is 55.4 Å². The molecular formula is C31H44N8O4. The Hall–Kier alpha value is -3.84. The first-order valence-electron chi connectivity index (χ1n) is 15.0. The van der Waals surface area contributed by atoms with Crippen LogP contribution in [0.4, 0.5) is 23.5 Å². The van der Waals surface area contributed by atoms with Crippen LogP contribution in [0, 0.1) is 0 Å². The molecule has 12 nitrogen and oxygen atoms in total. The molecule has 1 aliphatic carbocycles. The van der Waals surface area contributed by atoms with Crippen LogP contribution in [0.15, 0.2) is 54.6 Å². The molecule has 0 saturated heterocycles. The highest BCUT2D eigenvalue weighted by atomic mass is 16.5. The molecule has 232 valence electrons. The number of nitrogens with one attached hydrogen (secondary N) is 4. The number of carbonyl (C=O) groups is 1. The van der Waals surface area contributed by atoms with Crippen molar-refractivity contribution in [1.82, 2.24) is 20.3 Å². The SMILES string of the molecule is NCCOCCOCCNC(=O)Cc1ccc(Nc2nc(NCCc3ccccc3)nc(NC3CCC(O)CC3)n2)cc1. The molecule has 1 aliphatic rings. The predicted octanol–water partition coefficient (Wildman–Crippen LogP) is 2.64. The van der Waals surface area contributed by atoms with Crippen LogP contribution in [0.3, 0.4) is 0 Å². The van der Waals surface area contributed by atoms with E-state index in [0.717, 1.165) is 43.4 Å². The van der Waals surface area contributed by atoms with E-state index in [-0.39, 0.29) is 24.5 Å². The van der Waals surface area contributed by atoms with Gasteiger partial charge in [0.2, 0.25) is 23.8 Å². The molecule has 12 heteroatoms. The number of aliphatic hydroxyl groups excluding tert-OH is 1. The van der Waals surface area contributed by atoms with E-state index in [4.69, 9.17) is 15.2 Å². The average Bonchev–Trinajstić information content (AvgIpc) is 3.01. The van der Waals surface area contributed by atoms with Gasteiger partial charge in [-0.25, -0.2) is 0 Å². The van der Waals surface area contributed by atoms with Crippen molar-refractivity contribution in [3.05, 3.63) is 65.7 Å². The summed E-state index contributed by atoms with van der Waals surface area (Å²) in [5, 5.41) is 22.8. The predicted molar refractivity (Wildman–Crippen MR) is 167 cm³/mol. The minimum Gasteiger partial charge on any atom is -0.393 e. The molecule has 1 amide bonds. The molecule has 0 unspecified atom stereocenters. The highest BCUT2D eigenvalue weighted by molar-refractivity contribution is 5.78. The number of anilines is 4. The van der Waals surface area contributed by atoms with E-state index in [9.17, 15) is 9.90 Å². The molecule has 1 fully saturated rings. The number of rotatable bonds is 18.